The molecule has 2 atom stereocenters. The smallest absolute Gasteiger partial charge is 0.335 e. The van der Waals surface area contributed by atoms with Gasteiger partial charge in [-0.05, 0) is 58.0 Å². The summed E-state index contributed by atoms with van der Waals surface area (Å²) in [6, 6.07) is 20.2. The fraction of sp³-hybridized carbons (Fsp3) is 0.524. The highest BCUT2D eigenvalue weighted by atomic mass is 31.2. The van der Waals surface area contributed by atoms with Gasteiger partial charge in [0.05, 0.1) is 38.8 Å². The van der Waals surface area contributed by atoms with Crippen molar-refractivity contribution in [2.24, 2.45) is 0 Å². The summed E-state index contributed by atoms with van der Waals surface area (Å²) in [7, 11) is -3.25. The van der Waals surface area contributed by atoms with Crippen LogP contribution in [0.3, 0.4) is 0 Å². The lowest BCUT2D eigenvalue weighted by molar-refractivity contribution is 0.226. The maximum absolute atomic E-state index is 12.7. The van der Waals surface area contributed by atoms with E-state index < -0.39 is 15.2 Å². The summed E-state index contributed by atoms with van der Waals surface area (Å²) in [4.78, 5) is 0. The van der Waals surface area contributed by atoms with E-state index in [0.29, 0.717) is 25.5 Å². The molecule has 52 heavy (non-hydrogen) atoms. The first-order valence-corrected chi connectivity index (χ1v) is 22.7. The average molecular weight is 753 g/mol. The number of benzene rings is 4. The van der Waals surface area contributed by atoms with Gasteiger partial charge in [-0.25, -0.2) is 0 Å². The van der Waals surface area contributed by atoms with Crippen molar-refractivity contribution in [3.8, 4) is 11.5 Å². The van der Waals surface area contributed by atoms with Crippen LogP contribution < -0.4 is 9.47 Å². The molecular formula is C42H58O8P2. The minimum atomic E-state index is -3.08. The lowest BCUT2D eigenvalue weighted by atomic mass is 9.99. The number of hydrogen-bond donors (Lipinski definition) is 0. The molecule has 6 rings (SSSR count). The van der Waals surface area contributed by atoms with Crippen LogP contribution in [0.2, 0.25) is 0 Å². The maximum atomic E-state index is 12.7. The van der Waals surface area contributed by atoms with Crippen LogP contribution in [-0.2, 0) is 52.8 Å². The van der Waals surface area contributed by atoms with Crippen molar-refractivity contribution < 1.29 is 36.7 Å². The third kappa shape index (κ3) is 10.7. The predicted molar refractivity (Wildman–Crippen MR) is 212 cm³/mol. The quantitative estimate of drug-likeness (QED) is 0.0733. The van der Waals surface area contributed by atoms with Crippen LogP contribution in [-0.4, -0.2) is 27.4 Å². The minimum absolute atomic E-state index is 0.300. The Bertz CT molecular complexity index is 1760. The zero-order valence-corrected chi connectivity index (χ0v) is 33.5. The molecule has 2 aliphatic heterocycles. The Labute approximate surface area is 310 Å². The largest absolute Gasteiger partial charge is 0.493 e. The Morgan fingerprint density at radius 3 is 1.40 bits per heavy atom. The van der Waals surface area contributed by atoms with Crippen molar-refractivity contribution in [1.82, 2.24) is 0 Å². The summed E-state index contributed by atoms with van der Waals surface area (Å²) in [5, 5.41) is 4.34. The molecule has 4 aromatic rings. The van der Waals surface area contributed by atoms with Crippen molar-refractivity contribution in [3.05, 3.63) is 82.9 Å². The van der Waals surface area contributed by atoms with Gasteiger partial charge in [0.15, 0.2) is 0 Å². The SMILES string of the molecule is CCCCCCCCOc1ccc2c3c(cccc13)COP(=O)(OC)C2.CCCCCCCCOc1ccc2c3c(cccc13)CP(=O)(OC)OC2. The molecule has 0 N–H and O–H groups in total. The summed E-state index contributed by atoms with van der Waals surface area (Å²) in [6.45, 7) is 6.54. The molecule has 8 nitrogen and oxygen atoms in total. The van der Waals surface area contributed by atoms with E-state index in [4.69, 9.17) is 27.6 Å². The molecule has 0 radical (unpaired) electrons. The zero-order valence-electron chi connectivity index (χ0n) is 31.7. The van der Waals surface area contributed by atoms with Gasteiger partial charge in [0.25, 0.3) is 0 Å². The standard InChI is InChI=1S/2C21H29O4P/c1-3-4-5-6-7-8-14-24-20-13-12-17-15-25-26(22,23-2)16-18-10-9-11-19(20)21(17)18;1-3-4-5-6-7-8-14-24-20-13-12-18-16-26(22,23-2)25-15-17-10-9-11-19(20)21(17)18/h2*9-13H,3-8,14-16H2,1-2H3. The Morgan fingerprint density at radius 1 is 0.519 bits per heavy atom. The van der Waals surface area contributed by atoms with E-state index in [-0.39, 0.29) is 0 Å². The van der Waals surface area contributed by atoms with Crippen molar-refractivity contribution in [1.29, 1.82) is 0 Å². The Balaban J connectivity index is 0.000000201. The van der Waals surface area contributed by atoms with E-state index in [1.165, 1.54) is 78.4 Å². The van der Waals surface area contributed by atoms with Gasteiger partial charge >= 0.3 is 15.2 Å². The topological polar surface area (TPSA) is 89.5 Å². The maximum Gasteiger partial charge on any atom is 0.335 e. The van der Waals surface area contributed by atoms with Crippen LogP contribution >= 0.6 is 15.2 Å². The monoisotopic (exact) mass is 752 g/mol. The second-order valence-corrected chi connectivity index (χ2v) is 18.1. The third-order valence-corrected chi connectivity index (χ3v) is 13.6. The summed E-state index contributed by atoms with van der Waals surface area (Å²) < 4.78 is 59.0. The molecule has 2 unspecified atom stereocenters. The van der Waals surface area contributed by atoms with E-state index >= 15 is 0 Å². The molecule has 0 saturated heterocycles. The van der Waals surface area contributed by atoms with Gasteiger partial charge < -0.3 is 27.6 Å². The van der Waals surface area contributed by atoms with Gasteiger partial charge in [-0.15, -0.1) is 0 Å². The van der Waals surface area contributed by atoms with E-state index in [9.17, 15) is 9.13 Å². The molecule has 0 amide bonds. The van der Waals surface area contributed by atoms with Gasteiger partial charge in [0, 0.05) is 25.0 Å². The zero-order chi connectivity index (χ0) is 36.8. The molecule has 10 heteroatoms. The highest BCUT2D eigenvalue weighted by Gasteiger charge is 2.30. The van der Waals surface area contributed by atoms with E-state index in [0.717, 1.165) is 81.4 Å². The summed E-state index contributed by atoms with van der Waals surface area (Å²) >= 11 is 0. The van der Waals surface area contributed by atoms with Crippen LogP contribution in [0.5, 0.6) is 11.5 Å². The van der Waals surface area contributed by atoms with E-state index in [1.807, 2.05) is 48.5 Å². The molecule has 2 aliphatic rings. The van der Waals surface area contributed by atoms with Crippen molar-refractivity contribution in [3.63, 3.8) is 0 Å². The predicted octanol–water partition coefficient (Wildman–Crippen LogP) is 12.9. The Morgan fingerprint density at radius 2 is 0.923 bits per heavy atom. The molecule has 0 aliphatic carbocycles. The van der Waals surface area contributed by atoms with Crippen LogP contribution in [0.4, 0.5) is 0 Å². The first kappa shape index (κ1) is 40.5. The number of rotatable bonds is 18. The summed E-state index contributed by atoms with van der Waals surface area (Å²) in [6.07, 6.45) is 15.6. The molecule has 2 heterocycles. The first-order valence-electron chi connectivity index (χ1n) is 19.2. The van der Waals surface area contributed by atoms with Crippen molar-refractivity contribution in [2.45, 2.75) is 116 Å². The van der Waals surface area contributed by atoms with E-state index in [1.54, 1.807) is 0 Å². The Hall–Kier alpha value is -2.70. The van der Waals surface area contributed by atoms with Gasteiger partial charge in [-0.3, -0.25) is 9.13 Å². The fourth-order valence-electron chi connectivity index (χ4n) is 7.03. The molecule has 0 spiro atoms. The lowest BCUT2D eigenvalue weighted by Crippen LogP contribution is -1.99. The van der Waals surface area contributed by atoms with Gasteiger partial charge in [-0.1, -0.05) is 127 Å². The van der Waals surface area contributed by atoms with Crippen LogP contribution in [0.15, 0.2) is 60.7 Å². The number of ether oxygens (including phenoxy) is 2. The third-order valence-electron chi connectivity index (χ3n) is 9.98. The Kier molecular flexibility index (Phi) is 15.7. The molecule has 0 bridgehead atoms. The second-order valence-electron chi connectivity index (χ2n) is 13.8. The summed E-state index contributed by atoms with van der Waals surface area (Å²) in [5.74, 6) is 1.79. The first-order chi connectivity index (χ1) is 25.3. The normalized spacial score (nSPS) is 19.5. The molecule has 0 aromatic heterocycles. The second kappa shape index (κ2) is 20.1. The van der Waals surface area contributed by atoms with Gasteiger partial charge in [0.2, 0.25) is 0 Å². The van der Waals surface area contributed by atoms with Crippen molar-refractivity contribution in [2.75, 3.05) is 27.4 Å². The highest BCUT2D eigenvalue weighted by molar-refractivity contribution is 7.53. The fourth-order valence-corrected chi connectivity index (χ4v) is 9.72. The average Bonchev–Trinajstić information content (AvgIpc) is 3.41. The number of hydrogen-bond acceptors (Lipinski definition) is 8. The van der Waals surface area contributed by atoms with Crippen molar-refractivity contribution >= 4 is 36.7 Å². The van der Waals surface area contributed by atoms with Crippen LogP contribution in [0.1, 0.15) is 113 Å². The van der Waals surface area contributed by atoms with Gasteiger partial charge in [0.1, 0.15) is 11.5 Å². The van der Waals surface area contributed by atoms with Gasteiger partial charge in [-0.2, -0.15) is 0 Å². The van der Waals surface area contributed by atoms with Crippen LogP contribution in [0, 0.1) is 0 Å². The summed E-state index contributed by atoms with van der Waals surface area (Å²) in [5.41, 5.74) is 4.09. The van der Waals surface area contributed by atoms with Crippen LogP contribution in [0.25, 0.3) is 21.5 Å². The minimum Gasteiger partial charge on any atom is -0.493 e. The lowest BCUT2D eigenvalue weighted by Gasteiger charge is -2.14. The molecule has 0 fully saturated rings. The highest BCUT2D eigenvalue weighted by Crippen LogP contribution is 2.56. The molecular weight excluding hydrogens is 694 g/mol. The molecule has 0 saturated carbocycles. The molecule has 284 valence electrons. The number of unbranched alkanes of at least 4 members (excludes halogenated alkanes) is 10. The molecule has 4 aromatic carbocycles. The van der Waals surface area contributed by atoms with E-state index in [2.05, 4.69) is 26.0 Å².